The van der Waals surface area contributed by atoms with Crippen molar-refractivity contribution in [2.24, 2.45) is 5.92 Å². The van der Waals surface area contributed by atoms with E-state index >= 15 is 0 Å². The number of aliphatic hydroxyl groups is 4. The summed E-state index contributed by atoms with van der Waals surface area (Å²) in [6.07, 6.45) is -3.81. The average Bonchev–Trinajstić information content (AvgIpc) is 3.31. The molecule has 6 N–H and O–H groups in total. The van der Waals surface area contributed by atoms with Crippen LogP contribution in [0, 0.1) is 11.7 Å². The Morgan fingerprint density at radius 3 is 2.11 bits per heavy atom. The number of benzene rings is 4. The molecule has 0 saturated carbocycles. The number of nitrogens with one attached hydrogen (secondary N) is 2. The number of anilines is 1. The minimum Gasteiger partial charge on any atom is -0.445 e. The first-order valence-electron chi connectivity index (χ1n) is 22.4. The van der Waals surface area contributed by atoms with E-state index in [4.69, 9.17) is 9.47 Å². The first-order valence-corrected chi connectivity index (χ1v) is 24.2. The van der Waals surface area contributed by atoms with Gasteiger partial charge in [0, 0.05) is 32.4 Å². The van der Waals surface area contributed by atoms with Crippen LogP contribution in [0.4, 0.5) is 14.9 Å². The number of β-lactam (4-membered cyclic amide) rings is 1. The molecule has 4 aromatic rings. The fraction of sp³-hybridized carbons (Fsp3) is 0.449. The Hall–Kier alpha value is -5.27. The quantitative estimate of drug-likeness (QED) is 0.0478. The van der Waals surface area contributed by atoms with Crippen LogP contribution in [0.15, 0.2) is 103 Å². The summed E-state index contributed by atoms with van der Waals surface area (Å²) in [7, 11) is -1.73. The first kappa shape index (κ1) is 50.1. The van der Waals surface area contributed by atoms with E-state index in [0.29, 0.717) is 62.9 Å². The summed E-state index contributed by atoms with van der Waals surface area (Å²) in [5, 5.41) is 48.5. The summed E-state index contributed by atoms with van der Waals surface area (Å²) in [5.74, 6) is -1.60. The third-order valence-electron chi connectivity index (χ3n) is 12.3. The van der Waals surface area contributed by atoms with Crippen molar-refractivity contribution in [3.8, 4) is 0 Å². The number of ether oxygens (including phenoxy) is 2. The van der Waals surface area contributed by atoms with E-state index < -0.39 is 70.4 Å². The largest absolute Gasteiger partial charge is 0.445 e. The molecular weight excluding hydrogens is 872 g/mol. The number of alkyl carbamates (subject to hydrolysis) is 1. The highest BCUT2D eigenvalue weighted by molar-refractivity contribution is 7.88. The predicted molar refractivity (Wildman–Crippen MR) is 245 cm³/mol. The smallest absolute Gasteiger partial charge is 0.407 e. The average molecular weight is 933 g/mol. The second-order valence-electron chi connectivity index (χ2n) is 17.1. The normalized spacial score (nSPS) is 22.4. The van der Waals surface area contributed by atoms with Gasteiger partial charge in [-0.1, -0.05) is 78.9 Å². The molecule has 4 aromatic carbocycles. The van der Waals surface area contributed by atoms with Gasteiger partial charge in [0.2, 0.25) is 15.9 Å². The molecule has 0 spiro atoms. The summed E-state index contributed by atoms with van der Waals surface area (Å²) in [5.41, 5.74) is 4.83. The Balaban J connectivity index is 1.03. The molecule has 0 radical (unpaired) electrons. The van der Waals surface area contributed by atoms with Crippen LogP contribution in [0.3, 0.4) is 0 Å². The number of rotatable bonds is 22. The van der Waals surface area contributed by atoms with Crippen LogP contribution in [-0.4, -0.2) is 115 Å². The third kappa shape index (κ3) is 13.4. The van der Waals surface area contributed by atoms with Gasteiger partial charge in [-0.2, -0.15) is 0 Å². The Labute approximate surface area is 385 Å². The van der Waals surface area contributed by atoms with Gasteiger partial charge in [0.05, 0.1) is 30.4 Å². The Morgan fingerprint density at radius 2 is 1.44 bits per heavy atom. The van der Waals surface area contributed by atoms with Crippen molar-refractivity contribution in [1.82, 2.24) is 14.9 Å². The van der Waals surface area contributed by atoms with E-state index in [1.165, 1.54) is 34.8 Å². The summed E-state index contributed by atoms with van der Waals surface area (Å²) < 4.78 is 49.5. The van der Waals surface area contributed by atoms with Crippen molar-refractivity contribution in [3.63, 3.8) is 0 Å². The van der Waals surface area contributed by atoms with Gasteiger partial charge >= 0.3 is 6.09 Å². The Kier molecular flexibility index (Phi) is 17.8. The lowest BCUT2D eigenvalue weighted by Gasteiger charge is -2.48. The molecule has 15 nitrogen and oxygen atoms in total. The number of carbonyl (C=O) groups excluding carboxylic acids is 3. The van der Waals surface area contributed by atoms with Crippen molar-refractivity contribution in [3.05, 3.63) is 137 Å². The van der Waals surface area contributed by atoms with Crippen LogP contribution in [0.1, 0.15) is 78.5 Å². The standard InChI is InChI=1S/C49H61FN4O11S/c1-53(66(2,62)63)30-8-11-32-14-23-38(24-15-32)54-42(39(48(54)60)25-26-40(55)35-19-21-37(50)22-20-35)36-17-12-33(13-18-36)16-27-41-43(56)44(57)45(58)46(65-41)47(59)51-28-6-7-29-52-49(61)64-31-34-9-4-3-5-10-34/h3-5,9-10,12-15,17-24,39-46,55-58H,6-8,11,16,25-31H2,1-2H3,(H,51,59)(H,52,61)/t39-,40+,41?,42-,43+,44-,45+,46+/m1/s1. The molecule has 2 heterocycles. The maximum absolute atomic E-state index is 13.9. The van der Waals surface area contributed by atoms with Gasteiger partial charge in [0.1, 0.15) is 30.7 Å². The molecule has 8 atom stereocenters. The maximum atomic E-state index is 13.9. The van der Waals surface area contributed by atoms with Crippen LogP contribution in [0.25, 0.3) is 0 Å². The summed E-state index contributed by atoms with van der Waals surface area (Å²) in [6, 6.07) is 29.8. The monoisotopic (exact) mass is 932 g/mol. The van der Waals surface area contributed by atoms with Gasteiger partial charge in [0.25, 0.3) is 5.91 Å². The van der Waals surface area contributed by atoms with E-state index in [1.807, 2.05) is 78.9 Å². The number of aliphatic hydroxyl groups excluding tert-OH is 4. The molecular formula is C49H61FN4O11S. The van der Waals surface area contributed by atoms with Crippen molar-refractivity contribution in [1.29, 1.82) is 0 Å². The molecule has 2 aliphatic heterocycles. The van der Waals surface area contributed by atoms with E-state index in [0.717, 1.165) is 22.3 Å². The molecule has 2 saturated heterocycles. The Morgan fingerprint density at radius 1 is 0.803 bits per heavy atom. The number of hydrogen-bond acceptors (Lipinski definition) is 11. The number of nitrogens with zero attached hydrogens (tertiary/aromatic N) is 2. The van der Waals surface area contributed by atoms with Gasteiger partial charge in [-0.15, -0.1) is 0 Å². The van der Waals surface area contributed by atoms with Crippen LogP contribution < -0.4 is 15.5 Å². The second kappa shape index (κ2) is 23.5. The number of aryl methyl sites for hydroxylation is 2. The predicted octanol–water partition coefficient (Wildman–Crippen LogP) is 4.47. The highest BCUT2D eigenvalue weighted by Gasteiger charge is 2.49. The number of amides is 3. The number of hydrogen-bond donors (Lipinski definition) is 6. The van der Waals surface area contributed by atoms with E-state index in [1.54, 1.807) is 11.9 Å². The van der Waals surface area contributed by atoms with Crippen LogP contribution in [0.5, 0.6) is 0 Å². The molecule has 0 bridgehead atoms. The van der Waals surface area contributed by atoms with E-state index in [2.05, 4.69) is 10.6 Å². The van der Waals surface area contributed by atoms with Crippen LogP contribution in [0.2, 0.25) is 0 Å². The van der Waals surface area contributed by atoms with E-state index in [-0.39, 0.29) is 37.9 Å². The molecule has 0 aromatic heterocycles. The van der Waals surface area contributed by atoms with Crippen molar-refractivity contribution in [2.45, 2.75) is 101 Å². The zero-order valence-electron chi connectivity index (χ0n) is 37.2. The summed E-state index contributed by atoms with van der Waals surface area (Å²) in [6.45, 7) is 1.08. The summed E-state index contributed by atoms with van der Waals surface area (Å²) in [4.78, 5) is 40.7. The van der Waals surface area contributed by atoms with Crippen LogP contribution in [-0.2, 0) is 48.5 Å². The topological polar surface area (TPSA) is 215 Å². The fourth-order valence-corrected chi connectivity index (χ4v) is 8.77. The molecule has 1 unspecified atom stereocenters. The van der Waals surface area contributed by atoms with Gasteiger partial charge in [-0.3, -0.25) is 9.59 Å². The van der Waals surface area contributed by atoms with Gasteiger partial charge in [0.15, 0.2) is 6.10 Å². The van der Waals surface area contributed by atoms with Crippen molar-refractivity contribution >= 4 is 33.6 Å². The molecule has 356 valence electrons. The molecule has 17 heteroatoms. The second-order valence-corrected chi connectivity index (χ2v) is 19.2. The van der Waals surface area contributed by atoms with Crippen molar-refractivity contribution < 1.29 is 57.1 Å². The molecule has 66 heavy (non-hydrogen) atoms. The number of halogens is 1. The highest BCUT2D eigenvalue weighted by atomic mass is 32.2. The third-order valence-corrected chi connectivity index (χ3v) is 13.6. The zero-order valence-corrected chi connectivity index (χ0v) is 38.1. The van der Waals surface area contributed by atoms with E-state index in [9.17, 15) is 47.6 Å². The zero-order chi connectivity index (χ0) is 47.4. The molecule has 2 aliphatic rings. The van der Waals surface area contributed by atoms with Gasteiger partial charge in [-0.25, -0.2) is 21.9 Å². The minimum absolute atomic E-state index is 0.102. The van der Waals surface area contributed by atoms with Crippen molar-refractivity contribution in [2.75, 3.05) is 37.8 Å². The molecule has 0 aliphatic carbocycles. The van der Waals surface area contributed by atoms with Gasteiger partial charge < -0.3 is 45.4 Å². The number of carbonyl (C=O) groups is 3. The molecule has 3 amide bonds. The lowest BCUT2D eigenvalue weighted by atomic mass is 9.78. The first-order chi connectivity index (χ1) is 31.6. The SMILES string of the molecule is CN(CCCc1ccc(N2C(=O)[C@H](CC[C@H](O)c3ccc(F)cc3)[C@H]2c2ccc(CCC3O[C@H](C(=O)NCCCCNC(=O)OCc4ccccc4)[C@@H](O)[C@H](O)[C@H]3O)cc2)cc1)S(C)(=O)=O. The summed E-state index contributed by atoms with van der Waals surface area (Å²) >= 11 is 0. The lowest BCUT2D eigenvalue weighted by Crippen LogP contribution is -2.61. The number of sulfonamides is 1. The molecule has 6 rings (SSSR count). The van der Waals surface area contributed by atoms with Crippen LogP contribution >= 0.6 is 0 Å². The Bertz CT molecular complexity index is 2310. The molecule has 2 fully saturated rings. The van der Waals surface area contributed by atoms with Gasteiger partial charge in [-0.05, 0) is 103 Å². The lowest BCUT2D eigenvalue weighted by molar-refractivity contribution is -0.221. The highest BCUT2D eigenvalue weighted by Crippen LogP contribution is 2.46. The minimum atomic E-state index is -3.28. The number of unbranched alkanes of at least 4 members (excludes halogenated alkanes) is 1. The fourth-order valence-electron chi connectivity index (χ4n) is 8.31. The maximum Gasteiger partial charge on any atom is 0.407 e.